The minimum absolute atomic E-state index is 0.168. The van der Waals surface area contributed by atoms with Gasteiger partial charge in [0.2, 0.25) is 27.8 Å². The van der Waals surface area contributed by atoms with Gasteiger partial charge in [-0.25, -0.2) is 17.8 Å². The van der Waals surface area contributed by atoms with Crippen molar-refractivity contribution in [3.8, 4) is 11.6 Å². The first-order valence-corrected chi connectivity index (χ1v) is 17.5. The maximum Gasteiger partial charge on any atom is 0.243 e. The molecule has 6 rings (SSSR count). The molecule has 10 nitrogen and oxygen atoms in total. The standard InChI is InChI=1S/C34H42FN5O5S/c1-24-20-29(44-3)21-25(2)31(24)46(42,43)40-16-5-4-6-28(40)23-45-30-11-15-36-33(37-30)38-17-12-34(13-18-38)14-19-39(32(34)41)22-26-7-9-27(35)10-8-26/h7-11,15,20-21,28H,4-6,12-14,16-19,22-23H2,1-3H3. The lowest BCUT2D eigenvalue weighted by Gasteiger charge is -2.38. The van der Waals surface area contributed by atoms with Crippen molar-refractivity contribution in [3.05, 3.63) is 71.2 Å². The average molecular weight is 652 g/mol. The number of hydrogen-bond donors (Lipinski definition) is 0. The number of hydrogen-bond acceptors (Lipinski definition) is 8. The Balaban J connectivity index is 1.08. The van der Waals surface area contributed by atoms with Gasteiger partial charge in [-0.15, -0.1) is 0 Å². The lowest BCUT2D eigenvalue weighted by molar-refractivity contribution is -0.137. The molecule has 3 aliphatic heterocycles. The molecular formula is C34H42FN5O5S. The van der Waals surface area contributed by atoms with Gasteiger partial charge in [0, 0.05) is 45.0 Å². The van der Waals surface area contributed by atoms with E-state index >= 15 is 0 Å². The minimum Gasteiger partial charge on any atom is -0.497 e. The topological polar surface area (TPSA) is 105 Å². The normalized spacial score (nSPS) is 20.3. The predicted octanol–water partition coefficient (Wildman–Crippen LogP) is 4.88. The van der Waals surface area contributed by atoms with Crippen molar-refractivity contribution >= 4 is 21.9 Å². The van der Waals surface area contributed by atoms with E-state index in [9.17, 15) is 17.6 Å². The summed E-state index contributed by atoms with van der Waals surface area (Å²) < 4.78 is 54.2. The van der Waals surface area contributed by atoms with E-state index in [1.54, 1.807) is 61.8 Å². The van der Waals surface area contributed by atoms with Crippen LogP contribution >= 0.6 is 0 Å². The Morgan fingerprint density at radius 3 is 2.37 bits per heavy atom. The van der Waals surface area contributed by atoms with Crippen molar-refractivity contribution in [2.24, 2.45) is 5.41 Å². The third-order valence-corrected chi connectivity index (χ3v) is 12.0. The van der Waals surface area contributed by atoms with Crippen LogP contribution in [0, 0.1) is 25.1 Å². The van der Waals surface area contributed by atoms with Crippen LogP contribution in [0.5, 0.6) is 11.6 Å². The van der Waals surface area contributed by atoms with Crippen LogP contribution in [-0.2, 0) is 21.4 Å². The highest BCUT2D eigenvalue weighted by Gasteiger charge is 2.48. The number of ether oxygens (including phenoxy) is 2. The lowest BCUT2D eigenvalue weighted by Crippen LogP contribution is -2.47. The number of aryl methyl sites for hydroxylation is 2. The van der Waals surface area contributed by atoms with E-state index in [-0.39, 0.29) is 29.8 Å². The van der Waals surface area contributed by atoms with Crippen molar-refractivity contribution in [2.75, 3.05) is 44.8 Å². The van der Waals surface area contributed by atoms with E-state index in [4.69, 9.17) is 9.47 Å². The highest BCUT2D eigenvalue weighted by molar-refractivity contribution is 7.89. The summed E-state index contributed by atoms with van der Waals surface area (Å²) in [5.41, 5.74) is 1.85. The third-order valence-electron chi connectivity index (χ3n) is 9.74. The molecule has 0 aliphatic carbocycles. The van der Waals surface area contributed by atoms with Gasteiger partial charge in [0.1, 0.15) is 18.2 Å². The second-order valence-corrected chi connectivity index (χ2v) is 14.6. The molecule has 1 unspecified atom stereocenters. The molecule has 3 fully saturated rings. The van der Waals surface area contributed by atoms with E-state index in [0.29, 0.717) is 85.6 Å². The van der Waals surface area contributed by atoms with Gasteiger partial charge in [0.05, 0.1) is 23.5 Å². The number of piperidine rings is 2. The van der Waals surface area contributed by atoms with Crippen LogP contribution in [0.15, 0.2) is 53.6 Å². The SMILES string of the molecule is COc1cc(C)c(S(=O)(=O)N2CCCCC2COc2ccnc(N3CCC4(CCN(Cc5ccc(F)cc5)C4=O)CC3)n2)c(C)c1. The number of carbonyl (C=O) groups is 1. The molecule has 46 heavy (non-hydrogen) atoms. The first-order chi connectivity index (χ1) is 22.1. The molecule has 3 saturated heterocycles. The van der Waals surface area contributed by atoms with Crippen LogP contribution < -0.4 is 14.4 Å². The maximum atomic E-state index is 13.9. The molecule has 246 valence electrons. The van der Waals surface area contributed by atoms with Crippen LogP contribution in [0.4, 0.5) is 10.3 Å². The Morgan fingerprint density at radius 2 is 1.67 bits per heavy atom. The Bertz CT molecular complexity index is 1650. The monoisotopic (exact) mass is 651 g/mol. The zero-order valence-corrected chi connectivity index (χ0v) is 27.6. The summed E-state index contributed by atoms with van der Waals surface area (Å²) in [5, 5.41) is 0. The number of nitrogens with zero attached hydrogens (tertiary/aromatic N) is 5. The van der Waals surface area contributed by atoms with E-state index in [1.807, 2.05) is 4.90 Å². The first-order valence-electron chi connectivity index (χ1n) is 16.0. The predicted molar refractivity (Wildman–Crippen MR) is 172 cm³/mol. The Kier molecular flexibility index (Phi) is 9.20. The fourth-order valence-corrected chi connectivity index (χ4v) is 9.30. The number of anilines is 1. The average Bonchev–Trinajstić information content (AvgIpc) is 3.34. The van der Waals surface area contributed by atoms with Crippen molar-refractivity contribution in [1.29, 1.82) is 0 Å². The first kappa shape index (κ1) is 32.2. The highest BCUT2D eigenvalue weighted by Crippen LogP contribution is 2.42. The number of amides is 1. The number of rotatable bonds is 9. The maximum absolute atomic E-state index is 13.9. The van der Waals surface area contributed by atoms with Gasteiger partial charge in [-0.05, 0) is 86.9 Å². The molecule has 4 heterocycles. The third kappa shape index (κ3) is 6.42. The van der Waals surface area contributed by atoms with Gasteiger partial charge in [0.25, 0.3) is 0 Å². The van der Waals surface area contributed by atoms with E-state index in [0.717, 1.165) is 24.8 Å². The Morgan fingerprint density at radius 1 is 0.978 bits per heavy atom. The van der Waals surface area contributed by atoms with Gasteiger partial charge in [-0.1, -0.05) is 18.6 Å². The van der Waals surface area contributed by atoms with Crippen LogP contribution in [0.25, 0.3) is 0 Å². The van der Waals surface area contributed by atoms with Gasteiger partial charge < -0.3 is 19.3 Å². The van der Waals surface area contributed by atoms with Gasteiger partial charge in [-0.2, -0.15) is 9.29 Å². The van der Waals surface area contributed by atoms with Crippen LogP contribution in [-0.4, -0.2) is 79.4 Å². The van der Waals surface area contributed by atoms with Gasteiger partial charge in [0.15, 0.2) is 0 Å². The summed E-state index contributed by atoms with van der Waals surface area (Å²) >= 11 is 0. The molecule has 1 aromatic heterocycles. The molecule has 3 aromatic rings. The van der Waals surface area contributed by atoms with Crippen LogP contribution in [0.1, 0.15) is 55.2 Å². The number of likely N-dealkylation sites (tertiary alicyclic amines) is 1. The highest BCUT2D eigenvalue weighted by atomic mass is 32.2. The Hall–Kier alpha value is -3.77. The molecule has 0 radical (unpaired) electrons. The quantitative estimate of drug-likeness (QED) is 0.323. The molecule has 1 amide bonds. The zero-order valence-electron chi connectivity index (χ0n) is 26.7. The van der Waals surface area contributed by atoms with Crippen molar-refractivity contribution in [3.63, 3.8) is 0 Å². The Labute approximate surface area is 270 Å². The molecule has 1 atom stereocenters. The summed E-state index contributed by atoms with van der Waals surface area (Å²) in [5.74, 6) is 1.46. The molecule has 0 N–H and O–H groups in total. The number of carbonyl (C=O) groups excluding carboxylic acids is 1. The fraction of sp³-hybridized carbons (Fsp3) is 0.500. The smallest absolute Gasteiger partial charge is 0.243 e. The van der Waals surface area contributed by atoms with Gasteiger partial charge in [-0.3, -0.25) is 4.79 Å². The van der Waals surface area contributed by atoms with E-state index < -0.39 is 10.0 Å². The van der Waals surface area contributed by atoms with Gasteiger partial charge >= 0.3 is 0 Å². The summed E-state index contributed by atoms with van der Waals surface area (Å²) in [6.45, 7) is 6.71. The number of aromatic nitrogens is 2. The second-order valence-electron chi connectivity index (χ2n) is 12.7. The molecule has 12 heteroatoms. The van der Waals surface area contributed by atoms with E-state index in [2.05, 4.69) is 14.9 Å². The molecule has 0 saturated carbocycles. The van der Waals surface area contributed by atoms with Crippen molar-refractivity contribution in [1.82, 2.24) is 19.2 Å². The lowest BCUT2D eigenvalue weighted by atomic mass is 9.77. The van der Waals surface area contributed by atoms with Crippen molar-refractivity contribution in [2.45, 2.75) is 69.9 Å². The summed E-state index contributed by atoms with van der Waals surface area (Å²) in [7, 11) is -2.18. The number of methoxy groups -OCH3 is 1. The number of benzene rings is 2. The summed E-state index contributed by atoms with van der Waals surface area (Å²) in [6, 6.07) is 11.2. The summed E-state index contributed by atoms with van der Waals surface area (Å²) in [4.78, 5) is 26.9. The molecule has 3 aliphatic rings. The zero-order chi connectivity index (χ0) is 32.5. The number of sulfonamides is 1. The molecular weight excluding hydrogens is 609 g/mol. The van der Waals surface area contributed by atoms with E-state index in [1.165, 1.54) is 12.1 Å². The van der Waals surface area contributed by atoms with Crippen LogP contribution in [0.2, 0.25) is 0 Å². The minimum atomic E-state index is -3.76. The molecule has 1 spiro atoms. The fourth-order valence-electron chi connectivity index (χ4n) is 7.21. The molecule has 2 aromatic carbocycles. The number of halogens is 1. The van der Waals surface area contributed by atoms with Crippen LogP contribution in [0.3, 0.4) is 0 Å². The second kappa shape index (κ2) is 13.2. The molecule has 0 bridgehead atoms. The van der Waals surface area contributed by atoms with Crippen molar-refractivity contribution < 1.29 is 27.1 Å². The largest absolute Gasteiger partial charge is 0.497 e. The summed E-state index contributed by atoms with van der Waals surface area (Å²) in [6.07, 6.45) is 6.30.